The topological polar surface area (TPSA) is 59.2 Å². The summed E-state index contributed by atoms with van der Waals surface area (Å²) in [6, 6.07) is 0. The lowest BCUT2D eigenvalue weighted by Crippen LogP contribution is -2.20. The van der Waals surface area contributed by atoms with Crippen LogP contribution in [0.2, 0.25) is 0 Å². The first-order valence-corrected chi connectivity index (χ1v) is 10.1. The molecular formula is C15H24N2O2S2. The smallest absolute Gasteiger partial charge is 0.232 e. The quantitative estimate of drug-likeness (QED) is 0.852. The molecule has 0 bridgehead atoms. The maximum Gasteiger partial charge on any atom is 0.232 e. The van der Waals surface area contributed by atoms with Crippen molar-refractivity contribution in [3.8, 4) is 0 Å². The summed E-state index contributed by atoms with van der Waals surface area (Å²) in [4.78, 5) is 4.68. The Kier molecular flexibility index (Phi) is 5.51. The Hall–Kier alpha value is -0.200. The predicted octanol–water partition coefficient (Wildman–Crippen LogP) is 3.78. The van der Waals surface area contributed by atoms with Gasteiger partial charge in [0.05, 0.1) is 17.3 Å². The van der Waals surface area contributed by atoms with Crippen LogP contribution in [0.1, 0.15) is 68.3 Å². The predicted molar refractivity (Wildman–Crippen MR) is 87.9 cm³/mol. The maximum atomic E-state index is 10.3. The number of aromatic nitrogens is 2. The van der Waals surface area contributed by atoms with Crippen molar-refractivity contribution in [1.29, 1.82) is 0 Å². The van der Waals surface area contributed by atoms with E-state index in [2.05, 4.69) is 17.1 Å². The van der Waals surface area contributed by atoms with E-state index in [9.17, 15) is 5.11 Å². The standard InChI is InChI=1S/C15H24N2O2S2/c1-2-12-13(21-9-8-20-12)14-16-15(19-17-14)10-6-4-3-5-7-11(10)18/h10-13,18H,2-9H2,1H3. The van der Waals surface area contributed by atoms with Gasteiger partial charge in [0.25, 0.3) is 0 Å². The van der Waals surface area contributed by atoms with Gasteiger partial charge in [0.2, 0.25) is 5.89 Å². The normalized spacial score (nSPS) is 34.6. The Morgan fingerprint density at radius 2 is 2.00 bits per heavy atom. The summed E-state index contributed by atoms with van der Waals surface area (Å²) in [6.07, 6.45) is 6.08. The van der Waals surface area contributed by atoms with Crippen molar-refractivity contribution in [2.75, 3.05) is 11.5 Å². The molecule has 6 heteroatoms. The molecule has 1 saturated carbocycles. The molecule has 2 aliphatic rings. The molecule has 0 amide bonds. The van der Waals surface area contributed by atoms with Crippen LogP contribution in [0.15, 0.2) is 4.52 Å². The highest BCUT2D eigenvalue weighted by Crippen LogP contribution is 2.43. The van der Waals surface area contributed by atoms with Gasteiger partial charge in [0.1, 0.15) is 0 Å². The number of aliphatic hydroxyl groups is 1. The minimum atomic E-state index is -0.323. The molecule has 1 aliphatic heterocycles. The van der Waals surface area contributed by atoms with Crippen molar-refractivity contribution >= 4 is 23.5 Å². The van der Waals surface area contributed by atoms with Crippen molar-refractivity contribution in [3.63, 3.8) is 0 Å². The molecule has 118 valence electrons. The summed E-state index contributed by atoms with van der Waals surface area (Å²) >= 11 is 3.97. The largest absolute Gasteiger partial charge is 0.392 e. The monoisotopic (exact) mass is 328 g/mol. The van der Waals surface area contributed by atoms with Crippen molar-refractivity contribution in [1.82, 2.24) is 10.1 Å². The molecule has 1 N–H and O–H groups in total. The van der Waals surface area contributed by atoms with Crippen LogP contribution in [0.4, 0.5) is 0 Å². The van der Waals surface area contributed by atoms with E-state index >= 15 is 0 Å². The van der Waals surface area contributed by atoms with Crippen LogP contribution >= 0.6 is 23.5 Å². The van der Waals surface area contributed by atoms with Crippen LogP contribution in [0.5, 0.6) is 0 Å². The number of hydrogen-bond acceptors (Lipinski definition) is 6. The molecule has 0 radical (unpaired) electrons. The Bertz CT molecular complexity index is 438. The molecule has 21 heavy (non-hydrogen) atoms. The van der Waals surface area contributed by atoms with Crippen molar-refractivity contribution < 1.29 is 9.63 Å². The van der Waals surface area contributed by atoms with Crippen molar-refractivity contribution in [3.05, 3.63) is 11.7 Å². The highest BCUT2D eigenvalue weighted by Gasteiger charge is 2.33. The van der Waals surface area contributed by atoms with E-state index in [-0.39, 0.29) is 12.0 Å². The van der Waals surface area contributed by atoms with Gasteiger partial charge >= 0.3 is 0 Å². The van der Waals surface area contributed by atoms with E-state index in [1.807, 2.05) is 23.5 Å². The zero-order chi connectivity index (χ0) is 14.7. The van der Waals surface area contributed by atoms with Crippen LogP contribution in [0.25, 0.3) is 0 Å². The number of aliphatic hydroxyl groups excluding tert-OH is 1. The summed E-state index contributed by atoms with van der Waals surface area (Å²) in [5.74, 6) is 3.90. The lowest BCUT2D eigenvalue weighted by Gasteiger charge is -2.27. The van der Waals surface area contributed by atoms with E-state index < -0.39 is 0 Å². The molecule has 2 heterocycles. The highest BCUT2D eigenvalue weighted by molar-refractivity contribution is 8.06. The molecule has 1 saturated heterocycles. The molecule has 4 unspecified atom stereocenters. The fourth-order valence-corrected chi connectivity index (χ4v) is 6.21. The van der Waals surface area contributed by atoms with Gasteiger partial charge in [-0.05, 0) is 19.3 Å². The fourth-order valence-electron chi connectivity index (χ4n) is 3.23. The summed E-state index contributed by atoms with van der Waals surface area (Å²) < 4.78 is 5.53. The Labute approximate surface area is 134 Å². The summed E-state index contributed by atoms with van der Waals surface area (Å²) in [7, 11) is 0. The highest BCUT2D eigenvalue weighted by atomic mass is 32.2. The second kappa shape index (κ2) is 7.38. The van der Waals surface area contributed by atoms with Crippen LogP contribution in [0, 0.1) is 0 Å². The van der Waals surface area contributed by atoms with Gasteiger partial charge in [0.15, 0.2) is 5.82 Å². The molecule has 1 aromatic heterocycles. The Morgan fingerprint density at radius 1 is 1.19 bits per heavy atom. The van der Waals surface area contributed by atoms with Crippen LogP contribution in [0.3, 0.4) is 0 Å². The molecule has 0 aromatic carbocycles. The van der Waals surface area contributed by atoms with E-state index in [0.717, 1.165) is 43.7 Å². The van der Waals surface area contributed by atoms with Crippen LogP contribution in [-0.2, 0) is 0 Å². The zero-order valence-electron chi connectivity index (χ0n) is 12.5. The second-order valence-corrected chi connectivity index (χ2v) is 8.51. The fraction of sp³-hybridized carbons (Fsp3) is 0.867. The van der Waals surface area contributed by atoms with Gasteiger partial charge in [-0.25, -0.2) is 0 Å². The summed E-state index contributed by atoms with van der Waals surface area (Å²) in [5, 5.41) is 15.4. The lowest BCUT2D eigenvalue weighted by atomic mass is 9.97. The molecule has 0 spiro atoms. The van der Waals surface area contributed by atoms with Gasteiger partial charge in [-0.3, -0.25) is 0 Å². The molecule has 2 fully saturated rings. The lowest BCUT2D eigenvalue weighted by molar-refractivity contribution is 0.119. The molecule has 4 nitrogen and oxygen atoms in total. The first kappa shape index (κ1) is 15.7. The third-order valence-electron chi connectivity index (χ3n) is 4.46. The Balaban J connectivity index is 1.75. The molecule has 4 atom stereocenters. The molecule has 1 aromatic rings. The summed E-state index contributed by atoms with van der Waals surface area (Å²) in [6.45, 7) is 2.23. The average molecular weight is 329 g/mol. The zero-order valence-corrected chi connectivity index (χ0v) is 14.2. The number of hydrogen-bond donors (Lipinski definition) is 1. The number of rotatable bonds is 3. The number of nitrogens with zero attached hydrogens (tertiary/aromatic N) is 2. The maximum absolute atomic E-state index is 10.3. The third-order valence-corrected chi connectivity index (χ3v) is 7.70. The van der Waals surface area contributed by atoms with Crippen molar-refractivity contribution in [2.45, 2.75) is 68.0 Å². The van der Waals surface area contributed by atoms with E-state index in [4.69, 9.17) is 4.52 Å². The van der Waals surface area contributed by atoms with E-state index in [0.29, 0.717) is 16.4 Å². The first-order valence-electron chi connectivity index (χ1n) is 8.04. The minimum Gasteiger partial charge on any atom is -0.392 e. The van der Waals surface area contributed by atoms with Crippen molar-refractivity contribution in [2.24, 2.45) is 0 Å². The van der Waals surface area contributed by atoms with Gasteiger partial charge in [-0.15, -0.1) is 11.8 Å². The first-order chi connectivity index (χ1) is 10.3. The van der Waals surface area contributed by atoms with Gasteiger partial charge in [-0.1, -0.05) is 31.3 Å². The molecule has 1 aliphatic carbocycles. The summed E-state index contributed by atoms with van der Waals surface area (Å²) in [5.41, 5.74) is 0. The molecule has 3 rings (SSSR count). The SMILES string of the molecule is CCC1SCCSC1c1noc(C2CCCCCC2O)n1. The van der Waals surface area contributed by atoms with E-state index in [1.54, 1.807) is 0 Å². The number of thioether (sulfide) groups is 2. The van der Waals surface area contributed by atoms with Gasteiger partial charge in [0, 0.05) is 16.8 Å². The van der Waals surface area contributed by atoms with E-state index in [1.165, 1.54) is 12.2 Å². The Morgan fingerprint density at radius 3 is 2.86 bits per heavy atom. The minimum absolute atomic E-state index is 0.0371. The molecular weight excluding hydrogens is 304 g/mol. The van der Waals surface area contributed by atoms with Gasteiger partial charge in [-0.2, -0.15) is 16.7 Å². The third kappa shape index (κ3) is 3.59. The van der Waals surface area contributed by atoms with Crippen LogP contribution < -0.4 is 0 Å². The van der Waals surface area contributed by atoms with Crippen LogP contribution in [-0.4, -0.2) is 38.1 Å². The van der Waals surface area contributed by atoms with Gasteiger partial charge < -0.3 is 9.63 Å². The average Bonchev–Trinajstić information content (AvgIpc) is 2.90. The second-order valence-electron chi connectivity index (χ2n) is 5.91.